The molecule has 11 nitrogen and oxygen atoms in total. The third kappa shape index (κ3) is 5.60. The van der Waals surface area contributed by atoms with Crippen molar-refractivity contribution in [2.75, 3.05) is 18.5 Å². The number of imidazole rings is 1. The van der Waals surface area contributed by atoms with Crippen LogP contribution in [0.15, 0.2) is 43.0 Å². The highest BCUT2D eigenvalue weighted by Crippen LogP contribution is 2.49. The van der Waals surface area contributed by atoms with Crippen molar-refractivity contribution in [3.8, 4) is 0 Å². The monoisotopic (exact) mass is 627 g/mol. The summed E-state index contributed by atoms with van der Waals surface area (Å²) in [7, 11) is -5.65. The van der Waals surface area contributed by atoms with Gasteiger partial charge in [-0.15, -0.1) is 0 Å². The molecule has 2 aromatic heterocycles. The molecule has 3 aromatic rings. The van der Waals surface area contributed by atoms with E-state index in [1.54, 1.807) is 35.2 Å². The zero-order chi connectivity index (χ0) is 31.1. The fourth-order valence-corrected chi connectivity index (χ4v) is 17.8. The molecule has 2 aliphatic heterocycles. The number of nitrogens with one attached hydrogen (secondary N) is 1. The van der Waals surface area contributed by atoms with Crippen LogP contribution < -0.4 is 5.32 Å². The number of nitrogens with zero attached hydrogens (tertiary/aromatic N) is 4. The summed E-state index contributed by atoms with van der Waals surface area (Å²) in [5.74, 6) is -0.425. The van der Waals surface area contributed by atoms with Crippen LogP contribution in [0.1, 0.15) is 72.0 Å². The molecule has 0 bridgehead atoms. The highest BCUT2D eigenvalue weighted by Gasteiger charge is 2.61. The minimum Gasteiger partial charge on any atom is -0.414 e. The Morgan fingerprint density at radius 2 is 1.63 bits per heavy atom. The van der Waals surface area contributed by atoms with E-state index < -0.39 is 41.5 Å². The number of anilines is 1. The van der Waals surface area contributed by atoms with Gasteiger partial charge in [-0.2, -0.15) is 0 Å². The van der Waals surface area contributed by atoms with E-state index in [2.05, 4.69) is 75.7 Å². The van der Waals surface area contributed by atoms with Crippen LogP contribution in [0.4, 0.5) is 5.82 Å². The first-order chi connectivity index (χ1) is 20.4. The van der Waals surface area contributed by atoms with Crippen LogP contribution in [-0.2, 0) is 17.7 Å². The summed E-state index contributed by atoms with van der Waals surface area (Å²) < 4.78 is 29.9. The van der Waals surface area contributed by atoms with Gasteiger partial charge in [-0.3, -0.25) is 9.36 Å². The van der Waals surface area contributed by atoms with Crippen molar-refractivity contribution in [1.29, 1.82) is 0 Å². The average molecular weight is 628 g/mol. The number of fused-ring (bicyclic) bond motifs is 2. The van der Waals surface area contributed by atoms with E-state index in [0.29, 0.717) is 29.2 Å². The number of aromatic nitrogens is 4. The summed E-state index contributed by atoms with van der Waals surface area (Å²) >= 11 is 0. The predicted octanol–water partition coefficient (Wildman–Crippen LogP) is 5.54. The van der Waals surface area contributed by atoms with Crippen LogP contribution in [0.25, 0.3) is 11.2 Å². The molecular formula is C30H45N5O6Si2. The molecule has 13 heteroatoms. The van der Waals surface area contributed by atoms with Gasteiger partial charge in [0.05, 0.1) is 31.6 Å². The Balaban J connectivity index is 1.52. The van der Waals surface area contributed by atoms with Gasteiger partial charge in [0.1, 0.15) is 18.7 Å². The molecule has 43 heavy (non-hydrogen) atoms. The minimum absolute atomic E-state index is 0.148. The first-order valence-corrected chi connectivity index (χ1v) is 19.2. The first kappa shape index (κ1) is 31.9. The van der Waals surface area contributed by atoms with Gasteiger partial charge in [-0.1, -0.05) is 73.6 Å². The summed E-state index contributed by atoms with van der Waals surface area (Å²) in [4.78, 5) is 26.2. The second-order valence-corrected chi connectivity index (χ2v) is 21.7. The molecule has 2 fully saturated rings. The lowest BCUT2D eigenvalue weighted by atomic mass is 10.0. The Bertz CT molecular complexity index is 1400. The molecule has 2 aliphatic rings. The van der Waals surface area contributed by atoms with Crippen molar-refractivity contribution in [3.63, 3.8) is 0 Å². The number of benzene rings is 1. The van der Waals surface area contributed by atoms with Gasteiger partial charge < -0.3 is 28.1 Å². The highest BCUT2D eigenvalue weighted by molar-refractivity contribution is 6.84. The van der Waals surface area contributed by atoms with Crippen LogP contribution in [0.2, 0.25) is 22.2 Å². The Morgan fingerprint density at radius 3 is 2.23 bits per heavy atom. The fourth-order valence-electron chi connectivity index (χ4n) is 6.60. The number of hydrogen-bond acceptors (Lipinski definition) is 9. The minimum atomic E-state index is -2.90. The molecule has 4 atom stereocenters. The van der Waals surface area contributed by atoms with Gasteiger partial charge >= 0.3 is 17.1 Å². The van der Waals surface area contributed by atoms with Gasteiger partial charge in [-0.25, -0.2) is 15.0 Å². The maximum atomic E-state index is 12.9. The van der Waals surface area contributed by atoms with E-state index in [4.69, 9.17) is 17.7 Å². The second kappa shape index (κ2) is 12.5. The van der Waals surface area contributed by atoms with Crippen LogP contribution >= 0.6 is 0 Å². The maximum absolute atomic E-state index is 12.9. The molecule has 1 unspecified atom stereocenters. The number of carbonyl (C=O) groups is 1. The van der Waals surface area contributed by atoms with Gasteiger partial charge in [-0.05, 0) is 34.3 Å². The van der Waals surface area contributed by atoms with Crippen molar-refractivity contribution in [2.45, 2.75) is 96.0 Å². The number of aliphatic hydroxyl groups is 1. The van der Waals surface area contributed by atoms with E-state index >= 15 is 0 Å². The Labute approximate surface area is 255 Å². The Morgan fingerprint density at radius 1 is 0.977 bits per heavy atom. The van der Waals surface area contributed by atoms with Crippen molar-refractivity contribution in [1.82, 2.24) is 19.5 Å². The molecule has 234 valence electrons. The number of amides is 1. The zero-order valence-corrected chi connectivity index (χ0v) is 28.4. The van der Waals surface area contributed by atoms with E-state index in [1.807, 2.05) is 6.07 Å². The van der Waals surface area contributed by atoms with Gasteiger partial charge in [0, 0.05) is 5.56 Å². The third-order valence-electron chi connectivity index (χ3n) is 8.91. The molecule has 1 aromatic carbocycles. The van der Waals surface area contributed by atoms with Crippen molar-refractivity contribution < 1.29 is 27.6 Å². The molecule has 0 aliphatic carbocycles. The van der Waals surface area contributed by atoms with Crippen molar-refractivity contribution in [2.24, 2.45) is 5.92 Å². The predicted molar refractivity (Wildman–Crippen MR) is 168 cm³/mol. The molecular weight excluding hydrogens is 583 g/mol. The summed E-state index contributed by atoms with van der Waals surface area (Å²) in [5.41, 5.74) is 2.14. The fraction of sp³-hybridized carbons (Fsp3) is 0.600. The number of hydrogen-bond donors (Lipinski definition) is 2. The normalized spacial score (nSPS) is 25.3. The smallest absolute Gasteiger partial charge is 0.335 e. The lowest BCUT2D eigenvalue weighted by molar-refractivity contribution is -0.0554. The summed E-state index contributed by atoms with van der Waals surface area (Å²) in [5, 5.41) is 13.6. The third-order valence-corrected chi connectivity index (χ3v) is 19.2. The van der Waals surface area contributed by atoms with E-state index in [0.717, 1.165) is 0 Å². The largest absolute Gasteiger partial charge is 0.414 e. The molecule has 2 N–H and O–H groups in total. The summed E-state index contributed by atoms with van der Waals surface area (Å²) in [6, 6.07) is 8.92. The average Bonchev–Trinajstić information content (AvgIpc) is 3.54. The molecule has 0 spiro atoms. The Kier molecular flexibility index (Phi) is 9.24. The molecule has 1 amide bonds. The second-order valence-electron chi connectivity index (χ2n) is 12.8. The Hall–Kier alpha value is -2.53. The number of aliphatic hydroxyl groups excluding tert-OH is 1. The van der Waals surface area contributed by atoms with E-state index in [9.17, 15) is 9.90 Å². The lowest BCUT2D eigenvalue weighted by Crippen LogP contribution is -2.65. The molecule has 0 saturated carbocycles. The van der Waals surface area contributed by atoms with Crippen LogP contribution in [0.3, 0.4) is 0 Å². The number of ether oxygens (including phenoxy) is 1. The first-order valence-electron chi connectivity index (χ1n) is 15.3. The van der Waals surface area contributed by atoms with Crippen LogP contribution in [0.5, 0.6) is 0 Å². The van der Waals surface area contributed by atoms with E-state index in [1.165, 1.54) is 6.33 Å². The van der Waals surface area contributed by atoms with Gasteiger partial charge in [0.25, 0.3) is 5.91 Å². The highest BCUT2D eigenvalue weighted by atomic mass is 28.5. The van der Waals surface area contributed by atoms with Crippen molar-refractivity contribution in [3.05, 3.63) is 48.5 Å². The molecule has 5 rings (SSSR count). The lowest BCUT2D eigenvalue weighted by Gasteiger charge is -2.51. The molecule has 2 saturated heterocycles. The van der Waals surface area contributed by atoms with Crippen LogP contribution in [0, 0.1) is 5.92 Å². The zero-order valence-electron chi connectivity index (χ0n) is 26.4. The van der Waals surface area contributed by atoms with Gasteiger partial charge in [0.2, 0.25) is 0 Å². The maximum Gasteiger partial charge on any atom is 0.335 e. The van der Waals surface area contributed by atoms with Gasteiger partial charge in [0.15, 0.2) is 17.0 Å². The SMILES string of the molecule is CC(C)[Si]1(C(C)C)OC[C@H]2O[C@@H](n3cnc4c(NC(=O)c5ccccc5)ncnc43)[C@H](CO)C2O[Si](C(C)C)(C(C)C)O1. The number of carbonyl (C=O) groups excluding carboxylic acids is 1. The topological polar surface area (TPSA) is 130 Å². The number of rotatable bonds is 8. The van der Waals surface area contributed by atoms with Crippen molar-refractivity contribution >= 4 is 40.0 Å². The standard InChI is InChI=1S/C30H45N5O6Si2/c1-18(2)42(19(3)4)38-15-24-26(40-43(41-42,20(5)6)21(7)8)23(14-36)30(39-24)35-17-33-25-27(31-16-32-28(25)35)34-29(37)22-12-10-9-11-13-22/h9-13,16-21,23-24,26,30,36H,14-15H2,1-8H3,(H,31,32,34,37)/t23-,24-,26?,30-/m1/s1. The summed E-state index contributed by atoms with van der Waals surface area (Å²) in [6.45, 7) is 17.6. The molecule has 4 heterocycles. The molecule has 0 radical (unpaired) electrons. The summed E-state index contributed by atoms with van der Waals surface area (Å²) in [6.07, 6.45) is 1.52. The van der Waals surface area contributed by atoms with E-state index in [-0.39, 0.29) is 34.7 Å². The van der Waals surface area contributed by atoms with Crippen LogP contribution in [-0.4, -0.2) is 73.1 Å². The quantitative estimate of drug-likeness (QED) is 0.309.